The summed E-state index contributed by atoms with van der Waals surface area (Å²) in [5, 5.41) is 1.06. The molecule has 1 aromatic carbocycles. The maximum absolute atomic E-state index is 12.0. The molecule has 1 saturated heterocycles. The third kappa shape index (κ3) is 3.55. The standard InChI is InChI=1S/C12H16O3SSe/c1-10-5-7-11(8-6-10)16(13,14)15-12-4-2-3-9-17-12/h5-8,12H,2-4,9H2,1H3. The van der Waals surface area contributed by atoms with Gasteiger partial charge in [-0.2, -0.15) is 0 Å². The molecule has 0 N–H and O–H groups in total. The van der Waals surface area contributed by atoms with Gasteiger partial charge in [-0.3, -0.25) is 0 Å². The molecule has 1 aliphatic heterocycles. The van der Waals surface area contributed by atoms with Crippen molar-refractivity contribution in [3.63, 3.8) is 0 Å². The van der Waals surface area contributed by atoms with E-state index in [0.29, 0.717) is 15.0 Å². The number of rotatable bonds is 3. The summed E-state index contributed by atoms with van der Waals surface area (Å²) in [6, 6.07) is 6.81. The quantitative estimate of drug-likeness (QED) is 0.634. The molecular weight excluding hydrogens is 303 g/mol. The molecule has 0 spiro atoms. The number of aryl methyl sites for hydroxylation is 1. The van der Waals surface area contributed by atoms with Crippen molar-refractivity contribution < 1.29 is 12.6 Å². The Morgan fingerprint density at radius 2 is 1.94 bits per heavy atom. The normalized spacial score (nSPS) is 21.4. The molecule has 0 saturated carbocycles. The molecule has 0 amide bonds. The van der Waals surface area contributed by atoms with Gasteiger partial charge in [0, 0.05) is 0 Å². The van der Waals surface area contributed by atoms with Crippen LogP contribution in [0, 0.1) is 6.92 Å². The molecule has 1 aliphatic rings. The molecule has 1 aromatic rings. The second-order valence-electron chi connectivity index (χ2n) is 4.16. The van der Waals surface area contributed by atoms with Gasteiger partial charge in [0.2, 0.25) is 0 Å². The van der Waals surface area contributed by atoms with E-state index in [1.165, 1.54) is 6.42 Å². The average molecular weight is 319 g/mol. The first kappa shape index (κ1) is 13.1. The Bertz CT molecular complexity index is 461. The van der Waals surface area contributed by atoms with Crippen molar-refractivity contribution in [1.82, 2.24) is 0 Å². The van der Waals surface area contributed by atoms with Gasteiger partial charge >= 0.3 is 109 Å². The molecule has 1 fully saturated rings. The summed E-state index contributed by atoms with van der Waals surface area (Å²) < 4.78 is 29.3. The van der Waals surface area contributed by atoms with Crippen LogP contribution >= 0.6 is 0 Å². The third-order valence-corrected chi connectivity index (χ3v) is 6.87. The fraction of sp³-hybridized carbons (Fsp3) is 0.500. The van der Waals surface area contributed by atoms with Crippen molar-refractivity contribution in [2.45, 2.75) is 41.4 Å². The number of hydrogen-bond donors (Lipinski definition) is 0. The molecular formula is C12H16O3SSe. The van der Waals surface area contributed by atoms with Gasteiger partial charge < -0.3 is 0 Å². The minimum absolute atomic E-state index is 0.0671. The van der Waals surface area contributed by atoms with Crippen LogP contribution in [0.2, 0.25) is 5.32 Å². The molecule has 0 aliphatic carbocycles. The van der Waals surface area contributed by atoms with E-state index < -0.39 is 10.1 Å². The van der Waals surface area contributed by atoms with Crippen LogP contribution < -0.4 is 0 Å². The molecule has 2 rings (SSSR count). The first-order chi connectivity index (χ1) is 8.08. The van der Waals surface area contributed by atoms with Crippen molar-refractivity contribution >= 4 is 25.1 Å². The monoisotopic (exact) mass is 320 g/mol. The van der Waals surface area contributed by atoms with Gasteiger partial charge in [-0.05, 0) is 0 Å². The van der Waals surface area contributed by atoms with Crippen LogP contribution in [0.3, 0.4) is 0 Å². The van der Waals surface area contributed by atoms with Crippen LogP contribution in [0.25, 0.3) is 0 Å². The van der Waals surface area contributed by atoms with Crippen molar-refractivity contribution in [2.24, 2.45) is 0 Å². The summed E-state index contributed by atoms with van der Waals surface area (Å²) in [4.78, 5) is 0.268. The molecule has 1 atom stereocenters. The molecule has 1 heterocycles. The average Bonchev–Trinajstić information content (AvgIpc) is 2.30. The van der Waals surface area contributed by atoms with Crippen LogP contribution in [0.4, 0.5) is 0 Å². The van der Waals surface area contributed by atoms with Gasteiger partial charge in [-0.25, -0.2) is 0 Å². The number of benzene rings is 1. The van der Waals surface area contributed by atoms with Crippen molar-refractivity contribution in [1.29, 1.82) is 0 Å². The van der Waals surface area contributed by atoms with E-state index >= 15 is 0 Å². The predicted octanol–water partition coefficient (Wildman–Crippen LogP) is 2.33. The van der Waals surface area contributed by atoms with Crippen LogP contribution in [0.5, 0.6) is 0 Å². The summed E-state index contributed by atoms with van der Waals surface area (Å²) in [5.41, 5.74) is 1.05. The molecule has 0 bridgehead atoms. The van der Waals surface area contributed by atoms with E-state index in [4.69, 9.17) is 4.18 Å². The van der Waals surface area contributed by atoms with Crippen molar-refractivity contribution in [2.75, 3.05) is 0 Å². The fourth-order valence-electron chi connectivity index (χ4n) is 1.69. The summed E-state index contributed by atoms with van der Waals surface area (Å²) in [6.45, 7) is 1.93. The Kier molecular flexibility index (Phi) is 4.26. The van der Waals surface area contributed by atoms with Gasteiger partial charge in [0.1, 0.15) is 0 Å². The first-order valence-corrected chi connectivity index (χ1v) is 9.30. The van der Waals surface area contributed by atoms with E-state index in [-0.39, 0.29) is 9.90 Å². The molecule has 0 radical (unpaired) electrons. The van der Waals surface area contributed by atoms with E-state index in [2.05, 4.69) is 0 Å². The fourth-order valence-corrected chi connectivity index (χ4v) is 5.73. The topological polar surface area (TPSA) is 43.4 Å². The van der Waals surface area contributed by atoms with Crippen LogP contribution in [0.1, 0.15) is 24.8 Å². The molecule has 1 unspecified atom stereocenters. The molecule has 3 nitrogen and oxygen atoms in total. The summed E-state index contributed by atoms with van der Waals surface area (Å²) in [6.07, 6.45) is 3.17. The second kappa shape index (κ2) is 5.53. The molecule has 94 valence electrons. The van der Waals surface area contributed by atoms with Gasteiger partial charge in [0.05, 0.1) is 0 Å². The number of hydrogen-bond acceptors (Lipinski definition) is 3. The summed E-state index contributed by atoms with van der Waals surface area (Å²) in [7, 11) is -3.56. The molecule has 0 aromatic heterocycles. The second-order valence-corrected chi connectivity index (χ2v) is 8.39. The minimum atomic E-state index is -3.56. The SMILES string of the molecule is Cc1ccc(S(=O)(=O)OC2CCCC[Se]2)cc1. The van der Waals surface area contributed by atoms with Crippen LogP contribution in [-0.4, -0.2) is 28.4 Å². The van der Waals surface area contributed by atoms with E-state index in [9.17, 15) is 8.42 Å². The van der Waals surface area contributed by atoms with Crippen molar-refractivity contribution in [3.05, 3.63) is 29.8 Å². The Balaban J connectivity index is 2.10. The Labute approximate surface area is 109 Å². The predicted molar refractivity (Wildman–Crippen MR) is 67.6 cm³/mol. The van der Waals surface area contributed by atoms with Gasteiger partial charge in [-0.15, -0.1) is 0 Å². The zero-order valence-electron chi connectivity index (χ0n) is 9.76. The first-order valence-electron chi connectivity index (χ1n) is 5.69. The molecule has 5 heteroatoms. The Hall–Kier alpha value is -0.351. The van der Waals surface area contributed by atoms with Gasteiger partial charge in [0.25, 0.3) is 0 Å². The third-order valence-electron chi connectivity index (χ3n) is 2.68. The summed E-state index contributed by atoms with van der Waals surface area (Å²) in [5.74, 6) is 0. The summed E-state index contributed by atoms with van der Waals surface area (Å²) >= 11 is 0.302. The maximum atomic E-state index is 12.0. The zero-order chi connectivity index (χ0) is 12.3. The van der Waals surface area contributed by atoms with Gasteiger partial charge in [0.15, 0.2) is 0 Å². The van der Waals surface area contributed by atoms with Crippen molar-refractivity contribution in [3.8, 4) is 0 Å². The Morgan fingerprint density at radius 3 is 2.53 bits per heavy atom. The van der Waals surface area contributed by atoms with E-state index in [1.807, 2.05) is 6.92 Å². The van der Waals surface area contributed by atoms with E-state index in [1.54, 1.807) is 24.3 Å². The zero-order valence-corrected chi connectivity index (χ0v) is 12.3. The van der Waals surface area contributed by atoms with E-state index in [0.717, 1.165) is 23.7 Å². The van der Waals surface area contributed by atoms with Gasteiger partial charge in [-0.1, -0.05) is 0 Å². The van der Waals surface area contributed by atoms with Crippen LogP contribution in [-0.2, 0) is 14.3 Å². The van der Waals surface area contributed by atoms with Crippen LogP contribution in [0.15, 0.2) is 29.2 Å². The molecule has 17 heavy (non-hydrogen) atoms. The Morgan fingerprint density at radius 1 is 1.24 bits per heavy atom.